The van der Waals surface area contributed by atoms with Crippen molar-refractivity contribution in [2.24, 2.45) is 5.92 Å². The number of hydrogen-bond acceptors (Lipinski definition) is 1. The normalized spacial score (nSPS) is 24.1. The van der Waals surface area contributed by atoms with Gasteiger partial charge in [0.05, 0.1) is 11.1 Å². The van der Waals surface area contributed by atoms with Gasteiger partial charge in [-0.3, -0.25) is 0 Å². The summed E-state index contributed by atoms with van der Waals surface area (Å²) in [5, 5.41) is 3.07. The molecule has 2 atom stereocenters. The fraction of sp³-hybridized carbons (Fsp3) is 0.571. The van der Waals surface area contributed by atoms with E-state index >= 15 is 0 Å². The minimum Gasteiger partial charge on any atom is -0.316 e. The molecule has 0 aromatic heterocycles. The molecular formula is C14H15F6N. The van der Waals surface area contributed by atoms with Crippen LogP contribution in [0.4, 0.5) is 26.3 Å². The van der Waals surface area contributed by atoms with E-state index in [4.69, 9.17) is 0 Å². The van der Waals surface area contributed by atoms with E-state index in [1.165, 1.54) is 0 Å². The zero-order valence-corrected chi connectivity index (χ0v) is 11.3. The third-order valence-electron chi connectivity index (χ3n) is 3.87. The molecule has 0 radical (unpaired) electrons. The lowest BCUT2D eigenvalue weighted by molar-refractivity contribution is -0.143. The van der Waals surface area contributed by atoms with Crippen molar-refractivity contribution in [2.75, 3.05) is 13.1 Å². The van der Waals surface area contributed by atoms with E-state index in [0.717, 1.165) is 12.1 Å². The number of benzene rings is 1. The van der Waals surface area contributed by atoms with Crippen LogP contribution in [0.25, 0.3) is 0 Å². The van der Waals surface area contributed by atoms with Crippen LogP contribution >= 0.6 is 0 Å². The standard InChI is InChI=1S/C14H15F6N/c1-8-7-21-5-4-10(8)11-3-2-9(13(15,16)17)6-12(11)14(18,19)20/h2-3,6,8,10,21H,4-5,7H2,1H3/t8-,10+/m1/s1. The summed E-state index contributed by atoms with van der Waals surface area (Å²) in [6.07, 6.45) is -9.09. The summed E-state index contributed by atoms with van der Waals surface area (Å²) in [6.45, 7) is 2.92. The largest absolute Gasteiger partial charge is 0.416 e. The lowest BCUT2D eigenvalue weighted by Gasteiger charge is -2.32. The van der Waals surface area contributed by atoms with Crippen molar-refractivity contribution in [3.63, 3.8) is 0 Å². The number of nitrogens with one attached hydrogen (secondary N) is 1. The fourth-order valence-corrected chi connectivity index (χ4v) is 2.78. The highest BCUT2D eigenvalue weighted by Crippen LogP contribution is 2.42. The molecule has 0 amide bonds. The van der Waals surface area contributed by atoms with E-state index in [9.17, 15) is 26.3 Å². The molecule has 2 rings (SSSR count). The number of halogens is 6. The minimum atomic E-state index is -4.79. The molecule has 1 aliphatic rings. The molecule has 1 aromatic rings. The quantitative estimate of drug-likeness (QED) is 0.756. The van der Waals surface area contributed by atoms with Crippen molar-refractivity contribution in [3.8, 4) is 0 Å². The zero-order chi connectivity index (χ0) is 15.8. The zero-order valence-electron chi connectivity index (χ0n) is 11.3. The van der Waals surface area contributed by atoms with Crippen molar-refractivity contribution >= 4 is 0 Å². The predicted octanol–water partition coefficient (Wildman–Crippen LogP) is 4.44. The molecule has 0 unspecified atom stereocenters. The molecule has 0 aliphatic carbocycles. The lowest BCUT2D eigenvalue weighted by Crippen LogP contribution is -2.34. The van der Waals surface area contributed by atoms with Gasteiger partial charge in [0.1, 0.15) is 0 Å². The Balaban J connectivity index is 2.50. The highest BCUT2D eigenvalue weighted by atomic mass is 19.4. The molecule has 118 valence electrons. The van der Waals surface area contributed by atoms with Crippen molar-refractivity contribution < 1.29 is 26.3 Å². The van der Waals surface area contributed by atoms with E-state index < -0.39 is 23.5 Å². The second kappa shape index (κ2) is 5.51. The van der Waals surface area contributed by atoms with E-state index in [1.54, 1.807) is 6.92 Å². The summed E-state index contributed by atoms with van der Waals surface area (Å²) >= 11 is 0. The van der Waals surface area contributed by atoms with Crippen LogP contribution in [0.1, 0.15) is 36.0 Å². The van der Waals surface area contributed by atoms with Crippen LogP contribution in [-0.2, 0) is 12.4 Å². The molecule has 0 spiro atoms. The molecule has 1 nitrogen and oxygen atoms in total. The molecule has 1 aromatic carbocycles. The van der Waals surface area contributed by atoms with Crippen molar-refractivity contribution in [1.82, 2.24) is 5.32 Å². The second-order valence-corrected chi connectivity index (χ2v) is 5.37. The van der Waals surface area contributed by atoms with Crippen LogP contribution in [-0.4, -0.2) is 13.1 Å². The van der Waals surface area contributed by atoms with Gasteiger partial charge >= 0.3 is 12.4 Å². The van der Waals surface area contributed by atoms with Crippen LogP contribution in [0.5, 0.6) is 0 Å². The Morgan fingerprint density at radius 2 is 1.71 bits per heavy atom. The van der Waals surface area contributed by atoms with Gasteiger partial charge in [0.15, 0.2) is 0 Å². The molecule has 1 saturated heterocycles. The smallest absolute Gasteiger partial charge is 0.316 e. The van der Waals surface area contributed by atoms with Crippen molar-refractivity contribution in [2.45, 2.75) is 31.6 Å². The molecule has 0 saturated carbocycles. The lowest BCUT2D eigenvalue weighted by atomic mass is 9.80. The van der Waals surface area contributed by atoms with Gasteiger partial charge in [0.25, 0.3) is 0 Å². The molecular weight excluding hydrogens is 296 g/mol. The van der Waals surface area contributed by atoms with Gasteiger partial charge in [-0.15, -0.1) is 0 Å². The SMILES string of the molecule is C[C@@H]1CNCC[C@@H]1c1ccc(C(F)(F)F)cc1C(F)(F)F. The monoisotopic (exact) mass is 311 g/mol. The van der Waals surface area contributed by atoms with Gasteiger partial charge in [-0.25, -0.2) is 0 Å². The van der Waals surface area contributed by atoms with Crippen LogP contribution in [0, 0.1) is 5.92 Å². The van der Waals surface area contributed by atoms with Gasteiger partial charge < -0.3 is 5.32 Å². The molecule has 7 heteroatoms. The maximum Gasteiger partial charge on any atom is 0.416 e. The number of hydrogen-bond donors (Lipinski definition) is 1. The number of alkyl halides is 6. The summed E-state index contributed by atoms with van der Waals surface area (Å²) in [5.74, 6) is -0.443. The molecule has 0 bridgehead atoms. The van der Waals surface area contributed by atoms with E-state index in [-0.39, 0.29) is 23.5 Å². The Labute approximate surface area is 118 Å². The average molecular weight is 311 g/mol. The van der Waals surface area contributed by atoms with Gasteiger partial charge in [-0.05, 0) is 49.0 Å². The Morgan fingerprint density at radius 1 is 1.05 bits per heavy atom. The average Bonchev–Trinajstić information content (AvgIpc) is 2.36. The molecule has 1 N–H and O–H groups in total. The van der Waals surface area contributed by atoms with Gasteiger partial charge in [0.2, 0.25) is 0 Å². The number of rotatable bonds is 1. The Kier molecular flexibility index (Phi) is 4.24. The third kappa shape index (κ3) is 3.51. The second-order valence-electron chi connectivity index (χ2n) is 5.37. The van der Waals surface area contributed by atoms with E-state index in [2.05, 4.69) is 5.32 Å². The van der Waals surface area contributed by atoms with Crippen molar-refractivity contribution in [1.29, 1.82) is 0 Å². The van der Waals surface area contributed by atoms with Gasteiger partial charge in [-0.1, -0.05) is 13.0 Å². The van der Waals surface area contributed by atoms with E-state index in [0.29, 0.717) is 19.5 Å². The maximum absolute atomic E-state index is 13.1. The summed E-state index contributed by atoms with van der Waals surface area (Å²) in [7, 11) is 0. The summed E-state index contributed by atoms with van der Waals surface area (Å²) in [6, 6.07) is 1.95. The van der Waals surface area contributed by atoms with Crippen LogP contribution in [0.3, 0.4) is 0 Å². The highest BCUT2D eigenvalue weighted by molar-refractivity contribution is 5.38. The molecule has 1 fully saturated rings. The fourth-order valence-electron chi connectivity index (χ4n) is 2.78. The highest BCUT2D eigenvalue weighted by Gasteiger charge is 2.40. The van der Waals surface area contributed by atoms with Gasteiger partial charge in [-0.2, -0.15) is 26.3 Å². The van der Waals surface area contributed by atoms with Crippen LogP contribution in [0.2, 0.25) is 0 Å². The predicted molar refractivity (Wildman–Crippen MR) is 65.8 cm³/mol. The summed E-state index contributed by atoms with van der Waals surface area (Å²) in [5.41, 5.74) is -2.47. The summed E-state index contributed by atoms with van der Waals surface area (Å²) < 4.78 is 77.2. The topological polar surface area (TPSA) is 12.0 Å². The van der Waals surface area contributed by atoms with Crippen molar-refractivity contribution in [3.05, 3.63) is 34.9 Å². The Morgan fingerprint density at radius 3 is 2.24 bits per heavy atom. The third-order valence-corrected chi connectivity index (χ3v) is 3.87. The first-order valence-electron chi connectivity index (χ1n) is 6.59. The Bertz CT molecular complexity index is 505. The van der Waals surface area contributed by atoms with Crippen LogP contribution in [0.15, 0.2) is 18.2 Å². The van der Waals surface area contributed by atoms with Crippen LogP contribution < -0.4 is 5.32 Å². The van der Waals surface area contributed by atoms with E-state index in [1.807, 2.05) is 0 Å². The first-order valence-corrected chi connectivity index (χ1v) is 6.59. The molecule has 21 heavy (non-hydrogen) atoms. The number of piperidine rings is 1. The molecule has 1 aliphatic heterocycles. The first kappa shape index (κ1) is 16.1. The summed E-state index contributed by atoms with van der Waals surface area (Å²) in [4.78, 5) is 0. The van der Waals surface area contributed by atoms with Gasteiger partial charge in [0, 0.05) is 0 Å². The minimum absolute atomic E-state index is 0.0375. The first-order chi connectivity index (χ1) is 9.60. The Hall–Kier alpha value is -1.24. The maximum atomic E-state index is 13.1. The molecule has 1 heterocycles.